The van der Waals surface area contributed by atoms with Crippen LogP contribution in [0.15, 0.2) is 0 Å². The molecule has 0 bridgehead atoms. The molecule has 0 spiro atoms. The minimum absolute atomic E-state index is 0. The van der Waals surface area contributed by atoms with Gasteiger partial charge in [0, 0.05) is 0 Å². The molecule has 8 heteroatoms. The molecule has 4 nitrogen and oxygen atoms in total. The molecule has 0 saturated heterocycles. The van der Waals surface area contributed by atoms with E-state index in [0.717, 1.165) is 0 Å². The summed E-state index contributed by atoms with van der Waals surface area (Å²) in [6.45, 7) is 0. The maximum atomic E-state index is 8.58. The summed E-state index contributed by atoms with van der Waals surface area (Å²) in [6, 6.07) is 0. The molecule has 0 saturated carbocycles. The Labute approximate surface area is 83.8 Å². The smallest absolute Gasteiger partial charge is 0.894 e. The Morgan fingerprint density at radius 2 is 0.750 bits per heavy atom. The maximum absolute atomic E-state index is 8.58. The van der Waals surface area contributed by atoms with Crippen LogP contribution in [0.5, 0.6) is 0 Å². The summed E-state index contributed by atoms with van der Waals surface area (Å²) in [5, 5.41) is 0. The molecule has 0 N–H and O–H groups in total. The van der Waals surface area contributed by atoms with E-state index in [4.69, 9.17) is 19.2 Å². The zero-order chi connectivity index (χ0) is 4.50. The molecular weight excluding hydrogens is 278 g/mol. The van der Waals surface area contributed by atoms with E-state index in [-0.39, 0.29) is 56.0 Å². The van der Waals surface area contributed by atoms with Gasteiger partial charge in [-0.3, -0.25) is 0 Å². The van der Waals surface area contributed by atoms with Crippen molar-refractivity contribution in [3.05, 3.63) is 0 Å². The van der Waals surface area contributed by atoms with Crippen LogP contribution in [-0.4, -0.2) is 9.05 Å². The zero-order valence-electron chi connectivity index (χ0n) is 3.93. The molecule has 0 unspecified atom stereocenters. The predicted octanol–water partition coefficient (Wildman–Crippen LogP) is -5.14. The molecule has 0 fully saturated rings. The van der Waals surface area contributed by atoms with E-state index < -0.39 is 9.05 Å². The van der Waals surface area contributed by atoms with Crippen LogP contribution in [-0.2, 0) is 56.0 Å². The van der Waals surface area contributed by atoms with Gasteiger partial charge in [-0.05, 0) is 0 Å². The summed E-state index contributed by atoms with van der Waals surface area (Å²) in [4.78, 5) is 34.3. The molecule has 0 heterocycles. The van der Waals surface area contributed by atoms with Crippen molar-refractivity contribution in [1.29, 1.82) is 0 Å². The van der Waals surface area contributed by atoms with Crippen LogP contribution in [0, 0.1) is 0 Å². The van der Waals surface area contributed by atoms with E-state index in [1.54, 1.807) is 0 Å². The Hall–Kier alpha value is 1.82. The molecule has 8 heavy (non-hydrogen) atoms. The summed E-state index contributed by atoms with van der Waals surface area (Å²) in [5.74, 6) is 0. The molecule has 0 aliphatic rings. The molecule has 1 radical (unpaired) electrons. The monoisotopic (exact) mass is 275 g/mol. The molecule has 0 aromatic rings. The first kappa shape index (κ1) is 22.6. The third-order valence-corrected chi connectivity index (χ3v) is 0. The first-order valence-electron chi connectivity index (χ1n) is 0.816. The number of hydrogen-bond donors (Lipinski definition) is 0. The van der Waals surface area contributed by atoms with Gasteiger partial charge in [-0.1, -0.05) is 0 Å². The predicted molar refractivity (Wildman–Crippen MR) is 5.75 cm³/mol. The molecule has 37 valence electrons. The fourth-order valence-corrected chi connectivity index (χ4v) is 0. The third-order valence-electron chi connectivity index (χ3n) is 0. The summed E-state index contributed by atoms with van der Waals surface area (Å²) >= 11 is 0. The van der Waals surface area contributed by atoms with Gasteiger partial charge in [0.25, 0.3) is 0 Å². The normalized spacial score (nSPS) is 7.50. The summed E-state index contributed by atoms with van der Waals surface area (Å²) in [5.41, 5.74) is 0. The molecule has 0 rings (SSSR count). The van der Waals surface area contributed by atoms with Crippen molar-refractivity contribution in [2.24, 2.45) is 0 Å². The summed E-state index contributed by atoms with van der Waals surface area (Å²) in [7, 11) is -5.61. The van der Waals surface area contributed by atoms with Crippen LogP contribution in [0.25, 0.3) is 0 Å². The van der Waals surface area contributed by atoms with Crippen molar-refractivity contribution in [2.75, 3.05) is 0 Å². The molecule has 0 aromatic carbocycles. The van der Waals surface area contributed by atoms with Crippen LogP contribution in [0.2, 0.25) is 0 Å². The number of hydrogen-bond acceptors (Lipinski definition) is 4. The van der Waals surface area contributed by atoms with Crippen molar-refractivity contribution in [2.45, 2.75) is 0 Å². The van der Waals surface area contributed by atoms with Crippen LogP contribution in [0.1, 0.15) is 0 Å². The minimum atomic E-state index is -5.61. The van der Waals surface area contributed by atoms with Gasteiger partial charge in [0.05, 0.1) is 0 Å². The molecule has 0 amide bonds. The SMILES string of the molecule is [Mn+2].[O-][Si]([O-])([O-])[O-].[Zn+2].[Zn+2]. The van der Waals surface area contributed by atoms with Crippen molar-refractivity contribution >= 4 is 9.05 Å². The second kappa shape index (κ2) is 8.82. The molecule has 0 atom stereocenters. The Morgan fingerprint density at radius 3 is 0.750 bits per heavy atom. The first-order valence-corrected chi connectivity index (χ1v) is 2.45. The van der Waals surface area contributed by atoms with Crippen molar-refractivity contribution < 1.29 is 75.2 Å². The van der Waals surface area contributed by atoms with E-state index in [1.165, 1.54) is 0 Å². The van der Waals surface area contributed by atoms with E-state index in [2.05, 4.69) is 0 Å². The van der Waals surface area contributed by atoms with Gasteiger partial charge in [-0.2, -0.15) is 0 Å². The molecule has 0 aliphatic carbocycles. The summed E-state index contributed by atoms with van der Waals surface area (Å²) < 4.78 is 0. The molecular formula is MnO4SiZn2+2. The standard InChI is InChI=1S/Mn.O4Si.2Zn/c;1-5(2,3)4;;/q+2;-4;2*+2. The second-order valence-electron chi connectivity index (χ2n) is 0.500. The van der Waals surface area contributed by atoms with E-state index in [1.807, 2.05) is 0 Å². The van der Waals surface area contributed by atoms with Gasteiger partial charge >= 0.3 is 56.0 Å². The van der Waals surface area contributed by atoms with Gasteiger partial charge in [-0.15, -0.1) is 0 Å². The van der Waals surface area contributed by atoms with Gasteiger partial charge in [0.1, 0.15) is 0 Å². The quantitative estimate of drug-likeness (QED) is 0.414. The van der Waals surface area contributed by atoms with Crippen LogP contribution in [0.4, 0.5) is 0 Å². The van der Waals surface area contributed by atoms with Crippen LogP contribution >= 0.6 is 0 Å². The Morgan fingerprint density at radius 1 is 0.750 bits per heavy atom. The van der Waals surface area contributed by atoms with E-state index in [0.29, 0.717) is 0 Å². The number of rotatable bonds is 0. The van der Waals surface area contributed by atoms with Crippen LogP contribution in [0.3, 0.4) is 0 Å². The van der Waals surface area contributed by atoms with Gasteiger partial charge in [0.15, 0.2) is 0 Å². The topological polar surface area (TPSA) is 92.2 Å². The van der Waals surface area contributed by atoms with Crippen molar-refractivity contribution in [1.82, 2.24) is 0 Å². The first-order chi connectivity index (χ1) is 2.00. The van der Waals surface area contributed by atoms with Crippen molar-refractivity contribution in [3.8, 4) is 0 Å². The van der Waals surface area contributed by atoms with Gasteiger partial charge in [0.2, 0.25) is 0 Å². The van der Waals surface area contributed by atoms with Gasteiger partial charge in [-0.25, -0.2) is 0 Å². The zero-order valence-corrected chi connectivity index (χ0v) is 12.0. The average molecular weight is 278 g/mol. The third kappa shape index (κ3) is 110. The maximum Gasteiger partial charge on any atom is 2.00 e. The Balaban J connectivity index is -0.0000000267. The van der Waals surface area contributed by atoms with E-state index >= 15 is 0 Å². The average Bonchev–Trinajstić information content (AvgIpc) is 0.722. The Kier molecular flexibility index (Phi) is 24.9. The molecule has 0 aliphatic heterocycles. The summed E-state index contributed by atoms with van der Waals surface area (Å²) in [6.07, 6.45) is 0. The van der Waals surface area contributed by atoms with Crippen LogP contribution < -0.4 is 19.2 Å². The largest absolute Gasteiger partial charge is 2.00 e. The van der Waals surface area contributed by atoms with E-state index in [9.17, 15) is 0 Å². The van der Waals surface area contributed by atoms with Crippen molar-refractivity contribution in [3.63, 3.8) is 0 Å². The fourth-order valence-electron chi connectivity index (χ4n) is 0. The minimum Gasteiger partial charge on any atom is -0.894 e. The van der Waals surface area contributed by atoms with Gasteiger partial charge < -0.3 is 28.2 Å². The molecule has 0 aromatic heterocycles. The fraction of sp³-hybridized carbons (Fsp3) is 0. The Bertz CT molecular complexity index is 29.5. The second-order valence-corrected chi connectivity index (χ2v) is 1.50.